The molecule has 2 aliphatic heterocycles. The summed E-state index contributed by atoms with van der Waals surface area (Å²) in [6.45, 7) is 3.97. The van der Waals surface area contributed by atoms with Gasteiger partial charge in [-0.05, 0) is 18.2 Å². The molecule has 7 nitrogen and oxygen atoms in total. The van der Waals surface area contributed by atoms with Gasteiger partial charge in [-0.15, -0.1) is 0 Å². The zero-order valence-corrected chi connectivity index (χ0v) is 15.6. The van der Waals surface area contributed by atoms with Gasteiger partial charge in [0.2, 0.25) is 5.88 Å². The average molecular weight is 389 g/mol. The van der Waals surface area contributed by atoms with Crippen molar-refractivity contribution in [3.63, 3.8) is 0 Å². The number of nitrogens with zero attached hydrogens (tertiary/aromatic N) is 4. The Hall–Kier alpha value is -2.38. The highest BCUT2D eigenvalue weighted by molar-refractivity contribution is 6.32. The van der Waals surface area contributed by atoms with Gasteiger partial charge < -0.3 is 19.3 Å². The van der Waals surface area contributed by atoms with Gasteiger partial charge in [0.15, 0.2) is 0 Å². The summed E-state index contributed by atoms with van der Waals surface area (Å²) in [5, 5.41) is 0.347. The van der Waals surface area contributed by atoms with Gasteiger partial charge in [0.1, 0.15) is 16.9 Å². The minimum absolute atomic E-state index is 0.0313. The van der Waals surface area contributed by atoms with Crippen LogP contribution >= 0.6 is 11.6 Å². The van der Waals surface area contributed by atoms with E-state index < -0.39 is 0 Å². The molecule has 27 heavy (non-hydrogen) atoms. The molecule has 2 aromatic rings. The number of piperazine rings is 1. The van der Waals surface area contributed by atoms with E-state index in [1.165, 1.54) is 6.20 Å². The topological polar surface area (TPSA) is 67.8 Å². The highest BCUT2D eigenvalue weighted by Crippen LogP contribution is 2.26. The quantitative estimate of drug-likeness (QED) is 0.800. The number of ether oxygens (including phenoxy) is 2. The predicted octanol–water partition coefficient (Wildman–Crippen LogP) is 2.26. The Labute approximate surface area is 162 Å². The standard InChI is InChI=1S/C19H21ClN4O3/c20-16-11-14(12-22-18(16)27-15-4-10-26-13-15)19(25)24-8-6-23(7-9-24)17-3-1-2-5-21-17/h1-3,5,11-12,15H,4,6-10,13H2/t15-/m1/s1. The van der Waals surface area contributed by atoms with Crippen molar-refractivity contribution in [2.75, 3.05) is 44.3 Å². The van der Waals surface area contributed by atoms with E-state index in [4.69, 9.17) is 21.1 Å². The number of hydrogen-bond donors (Lipinski definition) is 0. The minimum atomic E-state index is -0.0687. The fourth-order valence-corrected chi connectivity index (χ4v) is 3.47. The molecular formula is C19H21ClN4O3. The summed E-state index contributed by atoms with van der Waals surface area (Å²) in [4.78, 5) is 25.4. The smallest absolute Gasteiger partial charge is 0.255 e. The second kappa shape index (κ2) is 8.10. The number of halogens is 1. The molecule has 0 aliphatic carbocycles. The molecule has 4 rings (SSSR count). The lowest BCUT2D eigenvalue weighted by molar-refractivity contribution is 0.0746. The second-order valence-electron chi connectivity index (χ2n) is 6.58. The molecule has 1 atom stereocenters. The molecule has 2 aliphatic rings. The van der Waals surface area contributed by atoms with Crippen LogP contribution in [0.5, 0.6) is 5.88 Å². The zero-order chi connectivity index (χ0) is 18.6. The lowest BCUT2D eigenvalue weighted by Crippen LogP contribution is -2.49. The van der Waals surface area contributed by atoms with E-state index >= 15 is 0 Å². The monoisotopic (exact) mass is 388 g/mol. The van der Waals surface area contributed by atoms with E-state index in [0.29, 0.717) is 42.8 Å². The number of carbonyl (C=O) groups excluding carboxylic acids is 1. The van der Waals surface area contributed by atoms with E-state index in [1.807, 2.05) is 23.1 Å². The lowest BCUT2D eigenvalue weighted by Gasteiger charge is -2.35. The van der Waals surface area contributed by atoms with Crippen molar-refractivity contribution in [2.24, 2.45) is 0 Å². The van der Waals surface area contributed by atoms with Crippen molar-refractivity contribution in [1.29, 1.82) is 0 Å². The molecule has 2 saturated heterocycles. The molecule has 2 fully saturated rings. The maximum Gasteiger partial charge on any atom is 0.255 e. The number of carbonyl (C=O) groups is 1. The molecule has 8 heteroatoms. The summed E-state index contributed by atoms with van der Waals surface area (Å²) < 4.78 is 11.0. The Morgan fingerprint density at radius 1 is 1.22 bits per heavy atom. The Balaban J connectivity index is 1.37. The van der Waals surface area contributed by atoms with Crippen molar-refractivity contribution in [3.05, 3.63) is 47.2 Å². The molecule has 0 radical (unpaired) electrons. The van der Waals surface area contributed by atoms with Crippen LogP contribution in [0, 0.1) is 0 Å². The Kier molecular flexibility index (Phi) is 5.40. The van der Waals surface area contributed by atoms with Gasteiger partial charge in [-0.2, -0.15) is 0 Å². The van der Waals surface area contributed by atoms with Gasteiger partial charge in [-0.1, -0.05) is 17.7 Å². The average Bonchev–Trinajstić information content (AvgIpc) is 3.23. The number of amides is 1. The molecule has 2 aromatic heterocycles. The van der Waals surface area contributed by atoms with Crippen LogP contribution in [0.25, 0.3) is 0 Å². The fourth-order valence-electron chi connectivity index (χ4n) is 3.25. The van der Waals surface area contributed by atoms with Crippen molar-refractivity contribution in [3.8, 4) is 5.88 Å². The first-order valence-electron chi connectivity index (χ1n) is 9.06. The first-order valence-corrected chi connectivity index (χ1v) is 9.44. The van der Waals surface area contributed by atoms with Gasteiger partial charge in [0.05, 0.1) is 18.8 Å². The van der Waals surface area contributed by atoms with Crippen molar-refractivity contribution < 1.29 is 14.3 Å². The summed E-state index contributed by atoms with van der Waals surface area (Å²) in [5.74, 6) is 1.22. The van der Waals surface area contributed by atoms with Crippen molar-refractivity contribution >= 4 is 23.3 Å². The molecule has 0 bridgehead atoms. The lowest BCUT2D eigenvalue weighted by atomic mass is 10.2. The number of hydrogen-bond acceptors (Lipinski definition) is 6. The SMILES string of the molecule is O=C(c1cnc(O[C@@H]2CCOC2)c(Cl)c1)N1CCN(c2ccccn2)CC1. The van der Waals surface area contributed by atoms with Crippen LogP contribution in [0.4, 0.5) is 5.82 Å². The summed E-state index contributed by atoms with van der Waals surface area (Å²) in [7, 11) is 0. The predicted molar refractivity (Wildman–Crippen MR) is 101 cm³/mol. The molecule has 142 valence electrons. The maximum atomic E-state index is 12.8. The largest absolute Gasteiger partial charge is 0.471 e. The Morgan fingerprint density at radius 2 is 2.07 bits per heavy atom. The zero-order valence-electron chi connectivity index (χ0n) is 14.9. The van der Waals surface area contributed by atoms with Crippen LogP contribution in [0.15, 0.2) is 36.7 Å². The Bertz CT molecular complexity index is 791. The number of pyridine rings is 2. The van der Waals surface area contributed by atoms with E-state index in [1.54, 1.807) is 12.3 Å². The highest BCUT2D eigenvalue weighted by atomic mass is 35.5. The molecular weight excluding hydrogens is 368 g/mol. The molecule has 0 saturated carbocycles. The molecule has 0 aromatic carbocycles. The summed E-state index contributed by atoms with van der Waals surface area (Å²) in [6, 6.07) is 7.48. The molecule has 0 N–H and O–H groups in total. The third-order valence-corrected chi connectivity index (χ3v) is 5.03. The van der Waals surface area contributed by atoms with E-state index in [0.717, 1.165) is 25.3 Å². The molecule has 0 unspecified atom stereocenters. The van der Waals surface area contributed by atoms with Crippen LogP contribution < -0.4 is 9.64 Å². The second-order valence-corrected chi connectivity index (χ2v) is 6.99. The first kappa shape index (κ1) is 18.0. The molecule has 0 spiro atoms. The maximum absolute atomic E-state index is 12.8. The minimum Gasteiger partial charge on any atom is -0.471 e. The van der Waals surface area contributed by atoms with E-state index in [9.17, 15) is 4.79 Å². The van der Waals surface area contributed by atoms with Gasteiger partial charge in [0.25, 0.3) is 5.91 Å². The van der Waals surface area contributed by atoms with Crippen LogP contribution in [0.1, 0.15) is 16.8 Å². The third-order valence-electron chi connectivity index (χ3n) is 4.76. The van der Waals surface area contributed by atoms with Gasteiger partial charge >= 0.3 is 0 Å². The van der Waals surface area contributed by atoms with Crippen LogP contribution in [0.2, 0.25) is 5.02 Å². The number of anilines is 1. The summed E-state index contributed by atoms with van der Waals surface area (Å²) in [6.07, 6.45) is 4.10. The summed E-state index contributed by atoms with van der Waals surface area (Å²) in [5.41, 5.74) is 0.473. The summed E-state index contributed by atoms with van der Waals surface area (Å²) >= 11 is 6.28. The molecule has 4 heterocycles. The highest BCUT2D eigenvalue weighted by Gasteiger charge is 2.24. The first-order chi connectivity index (χ1) is 13.2. The third kappa shape index (κ3) is 4.14. The fraction of sp³-hybridized carbons (Fsp3) is 0.421. The van der Waals surface area contributed by atoms with Crippen molar-refractivity contribution in [1.82, 2.24) is 14.9 Å². The van der Waals surface area contributed by atoms with Crippen LogP contribution in [-0.2, 0) is 4.74 Å². The number of rotatable bonds is 4. The Morgan fingerprint density at radius 3 is 2.74 bits per heavy atom. The molecule has 1 amide bonds. The van der Waals surface area contributed by atoms with Crippen LogP contribution in [0.3, 0.4) is 0 Å². The van der Waals surface area contributed by atoms with Gasteiger partial charge in [0, 0.05) is 45.0 Å². The van der Waals surface area contributed by atoms with Gasteiger partial charge in [-0.25, -0.2) is 9.97 Å². The van der Waals surface area contributed by atoms with Gasteiger partial charge in [-0.3, -0.25) is 4.79 Å². The van der Waals surface area contributed by atoms with Crippen LogP contribution in [-0.4, -0.2) is 66.3 Å². The normalized spacial score (nSPS) is 20.0. The number of aromatic nitrogens is 2. The van der Waals surface area contributed by atoms with Crippen molar-refractivity contribution in [2.45, 2.75) is 12.5 Å². The van der Waals surface area contributed by atoms with E-state index in [2.05, 4.69) is 14.9 Å². The van der Waals surface area contributed by atoms with E-state index in [-0.39, 0.29) is 12.0 Å².